The minimum Gasteiger partial charge on any atom is -0.396 e. The molecule has 0 aliphatic heterocycles. The van der Waals surface area contributed by atoms with E-state index in [0.29, 0.717) is 0 Å². The Morgan fingerprint density at radius 2 is 1.33 bits per heavy atom. The van der Waals surface area contributed by atoms with Crippen LogP contribution in [0.25, 0.3) is 0 Å². The van der Waals surface area contributed by atoms with Crippen LogP contribution in [0.4, 0.5) is 30.7 Å². The highest BCUT2D eigenvalue weighted by molar-refractivity contribution is 4.95. The molecule has 0 atom stereocenters. The van der Waals surface area contributed by atoms with Crippen molar-refractivity contribution < 1.29 is 35.8 Å². The van der Waals surface area contributed by atoms with E-state index in [-0.39, 0.29) is 0 Å². The fourth-order valence-corrected chi connectivity index (χ4v) is 0.810. The minimum atomic E-state index is -5.76. The van der Waals surface area contributed by atoms with Crippen molar-refractivity contribution in [3.63, 3.8) is 0 Å². The maximum atomic E-state index is 12.6. The topological polar surface area (TPSA) is 20.2 Å². The SMILES string of the molecule is OCCCC(F)(F)C(F)(F)C(F)(F)CF. The molecule has 0 aromatic rings. The molecule has 15 heavy (non-hydrogen) atoms. The van der Waals surface area contributed by atoms with Gasteiger partial charge in [0, 0.05) is 13.0 Å². The van der Waals surface area contributed by atoms with Gasteiger partial charge in [-0.2, -0.15) is 26.3 Å². The first-order chi connectivity index (χ1) is 6.62. The van der Waals surface area contributed by atoms with E-state index in [2.05, 4.69) is 0 Å². The van der Waals surface area contributed by atoms with Crippen molar-refractivity contribution >= 4 is 0 Å². The van der Waals surface area contributed by atoms with E-state index in [1.165, 1.54) is 0 Å². The van der Waals surface area contributed by atoms with Crippen LogP contribution in [0.3, 0.4) is 0 Å². The van der Waals surface area contributed by atoms with E-state index in [1.807, 2.05) is 0 Å². The van der Waals surface area contributed by atoms with Crippen LogP contribution in [0.2, 0.25) is 0 Å². The number of aliphatic hydroxyl groups excluding tert-OH is 1. The molecular weight excluding hydrogens is 233 g/mol. The zero-order chi connectivity index (χ0) is 12.3. The van der Waals surface area contributed by atoms with Gasteiger partial charge in [-0.15, -0.1) is 0 Å². The van der Waals surface area contributed by atoms with Crippen LogP contribution in [0.15, 0.2) is 0 Å². The van der Waals surface area contributed by atoms with Gasteiger partial charge < -0.3 is 5.11 Å². The standard InChI is InChI=1S/C7H9F7O/c8-4-6(11,12)7(13,14)5(9,10)2-1-3-15/h15H,1-4H2. The Labute approximate surface area is 80.9 Å². The molecule has 0 unspecified atom stereocenters. The Morgan fingerprint density at radius 3 is 1.67 bits per heavy atom. The molecule has 92 valence electrons. The summed E-state index contributed by atoms with van der Waals surface area (Å²) in [5.74, 6) is -16.2. The van der Waals surface area contributed by atoms with Crippen molar-refractivity contribution in [2.45, 2.75) is 30.6 Å². The molecule has 0 aliphatic carbocycles. The molecule has 1 nitrogen and oxygen atoms in total. The lowest BCUT2D eigenvalue weighted by Gasteiger charge is -2.31. The quantitative estimate of drug-likeness (QED) is 0.710. The largest absolute Gasteiger partial charge is 0.396 e. The summed E-state index contributed by atoms with van der Waals surface area (Å²) in [6.07, 6.45) is -2.41. The van der Waals surface area contributed by atoms with Crippen LogP contribution < -0.4 is 0 Å². The smallest absolute Gasteiger partial charge is 0.374 e. The summed E-state index contributed by atoms with van der Waals surface area (Å²) in [6, 6.07) is 0. The predicted octanol–water partition coefficient (Wildman–Crippen LogP) is 2.63. The van der Waals surface area contributed by atoms with E-state index < -0.39 is 43.9 Å². The third-order valence-corrected chi connectivity index (χ3v) is 1.74. The third-order valence-electron chi connectivity index (χ3n) is 1.74. The highest BCUT2D eigenvalue weighted by atomic mass is 19.3. The Kier molecular flexibility index (Phi) is 4.38. The number of halogens is 7. The fraction of sp³-hybridized carbons (Fsp3) is 1.00. The molecule has 0 aliphatic rings. The molecule has 0 aromatic heterocycles. The van der Waals surface area contributed by atoms with Gasteiger partial charge in [-0.25, -0.2) is 4.39 Å². The van der Waals surface area contributed by atoms with Crippen molar-refractivity contribution in [1.29, 1.82) is 0 Å². The first-order valence-electron chi connectivity index (χ1n) is 3.92. The zero-order valence-corrected chi connectivity index (χ0v) is 7.42. The van der Waals surface area contributed by atoms with Crippen molar-refractivity contribution in [3.8, 4) is 0 Å². The monoisotopic (exact) mass is 242 g/mol. The second-order valence-corrected chi connectivity index (χ2v) is 2.94. The Morgan fingerprint density at radius 1 is 0.867 bits per heavy atom. The first kappa shape index (κ1) is 14.5. The van der Waals surface area contributed by atoms with Gasteiger partial charge in [-0.05, 0) is 6.42 Å². The Hall–Kier alpha value is -0.530. The van der Waals surface area contributed by atoms with E-state index in [0.717, 1.165) is 0 Å². The maximum Gasteiger partial charge on any atom is 0.374 e. The van der Waals surface area contributed by atoms with E-state index in [4.69, 9.17) is 5.11 Å². The summed E-state index contributed by atoms with van der Waals surface area (Å²) in [4.78, 5) is 0. The lowest BCUT2D eigenvalue weighted by Crippen LogP contribution is -2.55. The molecule has 0 fully saturated rings. The number of aliphatic hydroxyl groups is 1. The van der Waals surface area contributed by atoms with Gasteiger partial charge in [-0.3, -0.25) is 0 Å². The van der Waals surface area contributed by atoms with Crippen LogP contribution in [-0.4, -0.2) is 36.2 Å². The molecule has 0 saturated heterocycles. The number of hydrogen-bond donors (Lipinski definition) is 1. The minimum absolute atomic E-state index is 0.773. The second-order valence-electron chi connectivity index (χ2n) is 2.94. The molecule has 0 saturated carbocycles. The third kappa shape index (κ3) is 2.73. The number of rotatable bonds is 6. The second kappa shape index (κ2) is 4.54. The highest BCUT2D eigenvalue weighted by Gasteiger charge is 2.70. The van der Waals surface area contributed by atoms with Crippen molar-refractivity contribution in [2.24, 2.45) is 0 Å². The normalized spacial score (nSPS) is 14.4. The van der Waals surface area contributed by atoms with Crippen molar-refractivity contribution in [1.82, 2.24) is 0 Å². The Balaban J connectivity index is 4.83. The summed E-state index contributed by atoms with van der Waals surface area (Å²) in [5.41, 5.74) is 0. The highest BCUT2D eigenvalue weighted by Crippen LogP contribution is 2.47. The molecule has 0 aromatic carbocycles. The molecule has 1 N–H and O–H groups in total. The van der Waals surface area contributed by atoms with Gasteiger partial charge >= 0.3 is 17.8 Å². The summed E-state index contributed by atoms with van der Waals surface area (Å²) in [7, 11) is 0. The van der Waals surface area contributed by atoms with Crippen LogP contribution >= 0.6 is 0 Å². The average molecular weight is 242 g/mol. The van der Waals surface area contributed by atoms with Gasteiger partial charge in [0.15, 0.2) is 6.67 Å². The lowest BCUT2D eigenvalue weighted by molar-refractivity contribution is -0.313. The van der Waals surface area contributed by atoms with Gasteiger partial charge in [0.1, 0.15) is 0 Å². The number of hydrogen-bond acceptors (Lipinski definition) is 1. The van der Waals surface area contributed by atoms with E-state index in [9.17, 15) is 30.7 Å². The molecule has 0 bridgehead atoms. The summed E-state index contributed by atoms with van der Waals surface area (Å²) < 4.78 is 86.0. The average Bonchev–Trinajstić information content (AvgIpc) is 2.14. The molecule has 0 radical (unpaired) electrons. The Bertz CT molecular complexity index is 204. The molecule has 8 heteroatoms. The summed E-state index contributed by atoms with van der Waals surface area (Å²) in [5, 5.41) is 8.12. The van der Waals surface area contributed by atoms with E-state index in [1.54, 1.807) is 0 Å². The van der Waals surface area contributed by atoms with Gasteiger partial charge in [0.2, 0.25) is 0 Å². The number of alkyl halides is 7. The first-order valence-corrected chi connectivity index (χ1v) is 3.92. The van der Waals surface area contributed by atoms with Gasteiger partial charge in [0.25, 0.3) is 0 Å². The van der Waals surface area contributed by atoms with Crippen molar-refractivity contribution in [2.75, 3.05) is 13.3 Å². The van der Waals surface area contributed by atoms with Crippen LogP contribution in [0, 0.1) is 0 Å². The molecule has 0 rings (SSSR count). The molecular formula is C7H9F7O. The molecule has 0 amide bonds. The summed E-state index contributed by atoms with van der Waals surface area (Å²) >= 11 is 0. The molecule has 0 spiro atoms. The molecule has 0 heterocycles. The van der Waals surface area contributed by atoms with Crippen LogP contribution in [0.5, 0.6) is 0 Å². The van der Waals surface area contributed by atoms with Gasteiger partial charge in [-0.1, -0.05) is 0 Å². The van der Waals surface area contributed by atoms with Crippen molar-refractivity contribution in [3.05, 3.63) is 0 Å². The fourth-order valence-electron chi connectivity index (χ4n) is 0.810. The maximum absolute atomic E-state index is 12.6. The predicted molar refractivity (Wildman–Crippen MR) is 37.1 cm³/mol. The summed E-state index contributed by atoms with van der Waals surface area (Å²) in [6.45, 7) is -3.71. The van der Waals surface area contributed by atoms with Gasteiger partial charge in [0.05, 0.1) is 0 Å². The lowest BCUT2D eigenvalue weighted by atomic mass is 10.0. The van der Waals surface area contributed by atoms with Crippen LogP contribution in [-0.2, 0) is 0 Å². The van der Waals surface area contributed by atoms with Crippen LogP contribution in [0.1, 0.15) is 12.8 Å². The zero-order valence-electron chi connectivity index (χ0n) is 7.42. The van der Waals surface area contributed by atoms with E-state index >= 15 is 0 Å².